The third-order valence-electron chi connectivity index (χ3n) is 4.79. The summed E-state index contributed by atoms with van der Waals surface area (Å²) in [6, 6.07) is 3.78. The number of hydrogen-bond acceptors (Lipinski definition) is 5. The molecule has 132 valence electrons. The minimum absolute atomic E-state index is 0.0428. The van der Waals surface area contributed by atoms with Crippen molar-refractivity contribution in [2.24, 2.45) is 0 Å². The number of aromatic nitrogens is 1. The van der Waals surface area contributed by atoms with E-state index in [0.29, 0.717) is 25.1 Å². The van der Waals surface area contributed by atoms with Gasteiger partial charge in [-0.15, -0.1) is 0 Å². The van der Waals surface area contributed by atoms with Crippen molar-refractivity contribution in [1.29, 1.82) is 0 Å². The Bertz CT molecular complexity index is 535. The maximum atomic E-state index is 12.9. The first-order chi connectivity index (χ1) is 11.7. The highest BCUT2D eigenvalue weighted by Crippen LogP contribution is 2.27. The van der Waals surface area contributed by atoms with E-state index in [1.165, 1.54) is 6.42 Å². The van der Waals surface area contributed by atoms with Crippen LogP contribution in [0.15, 0.2) is 18.3 Å². The molecule has 0 saturated carbocycles. The van der Waals surface area contributed by atoms with Crippen LogP contribution in [0.1, 0.15) is 37.8 Å². The van der Waals surface area contributed by atoms with E-state index < -0.39 is 5.60 Å². The average molecular weight is 333 g/mol. The van der Waals surface area contributed by atoms with Gasteiger partial charge in [0.05, 0.1) is 12.3 Å². The van der Waals surface area contributed by atoms with Crippen LogP contribution >= 0.6 is 0 Å². The molecule has 2 aliphatic heterocycles. The summed E-state index contributed by atoms with van der Waals surface area (Å²) in [5.41, 5.74) is 0.109. The van der Waals surface area contributed by atoms with Crippen LogP contribution in [0.25, 0.3) is 0 Å². The number of hydrogen-bond donors (Lipinski definition) is 2. The molecule has 2 aliphatic rings. The Labute approximate surface area is 143 Å². The van der Waals surface area contributed by atoms with E-state index in [0.717, 1.165) is 38.2 Å². The Morgan fingerprint density at radius 2 is 2.25 bits per heavy atom. The predicted molar refractivity (Wildman–Crippen MR) is 91.0 cm³/mol. The van der Waals surface area contributed by atoms with Crippen LogP contribution in [0.5, 0.6) is 5.75 Å². The SMILES string of the molecule is Cc1ccc(OC2(C(=O)NC[C@@H]3CCCCO3)CCNCC2)cn1. The van der Waals surface area contributed by atoms with Crippen molar-refractivity contribution in [3.05, 3.63) is 24.0 Å². The fourth-order valence-electron chi connectivity index (χ4n) is 3.28. The first kappa shape index (κ1) is 17.2. The van der Waals surface area contributed by atoms with Crippen LogP contribution in [0.3, 0.4) is 0 Å². The second-order valence-corrected chi connectivity index (χ2v) is 6.68. The largest absolute Gasteiger partial charge is 0.476 e. The Morgan fingerprint density at radius 1 is 1.42 bits per heavy atom. The zero-order chi connectivity index (χ0) is 16.8. The fourth-order valence-corrected chi connectivity index (χ4v) is 3.28. The van der Waals surface area contributed by atoms with Crippen LogP contribution in [0.4, 0.5) is 0 Å². The highest BCUT2D eigenvalue weighted by molar-refractivity contribution is 5.85. The molecule has 6 nitrogen and oxygen atoms in total. The van der Waals surface area contributed by atoms with Crippen molar-refractivity contribution in [1.82, 2.24) is 15.6 Å². The lowest BCUT2D eigenvalue weighted by molar-refractivity contribution is -0.140. The summed E-state index contributed by atoms with van der Waals surface area (Å²) < 4.78 is 11.8. The average Bonchev–Trinajstić information content (AvgIpc) is 2.63. The summed E-state index contributed by atoms with van der Waals surface area (Å²) in [7, 11) is 0. The molecule has 1 aromatic rings. The molecule has 0 radical (unpaired) electrons. The lowest BCUT2D eigenvalue weighted by atomic mass is 9.90. The topological polar surface area (TPSA) is 72.5 Å². The summed E-state index contributed by atoms with van der Waals surface area (Å²) in [6.45, 7) is 4.82. The van der Waals surface area contributed by atoms with Gasteiger partial charge >= 0.3 is 0 Å². The minimum Gasteiger partial charge on any atom is -0.476 e. The van der Waals surface area contributed by atoms with Crippen molar-refractivity contribution in [3.63, 3.8) is 0 Å². The number of carbonyl (C=O) groups is 1. The number of nitrogens with zero attached hydrogens (tertiary/aromatic N) is 1. The van der Waals surface area contributed by atoms with Crippen LogP contribution in [-0.2, 0) is 9.53 Å². The smallest absolute Gasteiger partial charge is 0.264 e. The molecule has 0 spiro atoms. The molecule has 0 aromatic carbocycles. The molecule has 1 aromatic heterocycles. The van der Waals surface area contributed by atoms with E-state index in [-0.39, 0.29) is 12.0 Å². The molecule has 0 bridgehead atoms. The van der Waals surface area contributed by atoms with Gasteiger partial charge in [-0.1, -0.05) is 0 Å². The van der Waals surface area contributed by atoms with Crippen molar-refractivity contribution >= 4 is 5.91 Å². The highest BCUT2D eigenvalue weighted by Gasteiger charge is 2.42. The maximum absolute atomic E-state index is 12.9. The van der Waals surface area contributed by atoms with E-state index in [1.807, 2.05) is 19.1 Å². The summed E-state index contributed by atoms with van der Waals surface area (Å²) in [6.07, 6.45) is 6.41. The number of rotatable bonds is 5. The van der Waals surface area contributed by atoms with Crippen molar-refractivity contribution in [2.75, 3.05) is 26.2 Å². The summed E-state index contributed by atoms with van der Waals surface area (Å²) in [5.74, 6) is 0.602. The Hall–Kier alpha value is -1.66. The first-order valence-electron chi connectivity index (χ1n) is 8.90. The summed E-state index contributed by atoms with van der Waals surface area (Å²) >= 11 is 0. The van der Waals surface area contributed by atoms with Crippen molar-refractivity contribution in [3.8, 4) is 5.75 Å². The highest BCUT2D eigenvalue weighted by atomic mass is 16.5. The number of amides is 1. The van der Waals surface area contributed by atoms with Gasteiger partial charge in [0.1, 0.15) is 5.75 Å². The monoisotopic (exact) mass is 333 g/mol. The predicted octanol–water partition coefficient (Wildman–Crippen LogP) is 1.58. The minimum atomic E-state index is -0.823. The van der Waals surface area contributed by atoms with E-state index in [2.05, 4.69) is 15.6 Å². The third-order valence-corrected chi connectivity index (χ3v) is 4.79. The van der Waals surface area contributed by atoms with Gasteiger partial charge in [-0.25, -0.2) is 0 Å². The standard InChI is InChI=1S/C18H27N3O3/c1-14-5-6-16(13-20-14)24-18(7-9-19-10-8-18)17(22)21-12-15-4-2-3-11-23-15/h5-6,13,15,19H,2-4,7-12H2,1H3,(H,21,22)/t15-/m0/s1. The first-order valence-corrected chi connectivity index (χ1v) is 8.90. The molecule has 1 amide bonds. The zero-order valence-electron chi connectivity index (χ0n) is 14.3. The maximum Gasteiger partial charge on any atom is 0.264 e. The number of nitrogens with one attached hydrogen (secondary N) is 2. The summed E-state index contributed by atoms with van der Waals surface area (Å²) in [5, 5.41) is 6.35. The number of carbonyl (C=O) groups excluding carboxylic acids is 1. The number of piperidine rings is 1. The molecule has 3 heterocycles. The zero-order valence-corrected chi connectivity index (χ0v) is 14.3. The van der Waals surface area contributed by atoms with E-state index in [4.69, 9.17) is 9.47 Å². The number of ether oxygens (including phenoxy) is 2. The molecule has 6 heteroatoms. The Balaban J connectivity index is 1.65. The molecular weight excluding hydrogens is 306 g/mol. The van der Waals surface area contributed by atoms with Gasteiger partial charge in [-0.3, -0.25) is 9.78 Å². The van der Waals surface area contributed by atoms with Gasteiger partial charge in [0.15, 0.2) is 5.60 Å². The number of aryl methyl sites for hydroxylation is 1. The normalized spacial score (nSPS) is 23.5. The Morgan fingerprint density at radius 3 is 2.92 bits per heavy atom. The van der Waals surface area contributed by atoms with Crippen LogP contribution in [-0.4, -0.2) is 48.8 Å². The second kappa shape index (κ2) is 7.94. The quantitative estimate of drug-likeness (QED) is 0.856. The van der Waals surface area contributed by atoms with Crippen molar-refractivity contribution < 1.29 is 14.3 Å². The van der Waals surface area contributed by atoms with Crippen LogP contribution < -0.4 is 15.4 Å². The van der Waals surface area contributed by atoms with Gasteiger partial charge in [-0.05, 0) is 51.4 Å². The van der Waals surface area contributed by atoms with Crippen LogP contribution in [0, 0.1) is 6.92 Å². The van der Waals surface area contributed by atoms with Gasteiger partial charge in [-0.2, -0.15) is 0 Å². The van der Waals surface area contributed by atoms with Gasteiger partial charge in [0.2, 0.25) is 0 Å². The third kappa shape index (κ3) is 4.24. The molecule has 0 aliphatic carbocycles. The van der Waals surface area contributed by atoms with Gasteiger partial charge in [0, 0.05) is 31.7 Å². The van der Waals surface area contributed by atoms with Crippen LogP contribution in [0.2, 0.25) is 0 Å². The van der Waals surface area contributed by atoms with Gasteiger partial charge in [0.25, 0.3) is 5.91 Å². The fraction of sp³-hybridized carbons (Fsp3) is 0.667. The molecular formula is C18H27N3O3. The lowest BCUT2D eigenvalue weighted by Crippen LogP contribution is -2.57. The summed E-state index contributed by atoms with van der Waals surface area (Å²) in [4.78, 5) is 17.2. The van der Waals surface area contributed by atoms with Crippen molar-refractivity contribution in [2.45, 2.75) is 50.7 Å². The Kier molecular flexibility index (Phi) is 5.68. The molecule has 1 atom stereocenters. The van der Waals surface area contributed by atoms with E-state index in [1.54, 1.807) is 6.20 Å². The molecule has 3 rings (SSSR count). The number of pyridine rings is 1. The van der Waals surface area contributed by atoms with E-state index >= 15 is 0 Å². The van der Waals surface area contributed by atoms with E-state index in [9.17, 15) is 4.79 Å². The molecule has 2 N–H and O–H groups in total. The second-order valence-electron chi connectivity index (χ2n) is 6.68. The molecule has 2 saturated heterocycles. The van der Waals surface area contributed by atoms with Gasteiger partial charge < -0.3 is 20.1 Å². The molecule has 2 fully saturated rings. The molecule has 24 heavy (non-hydrogen) atoms. The molecule has 0 unspecified atom stereocenters. The lowest BCUT2D eigenvalue weighted by Gasteiger charge is -2.37.